The van der Waals surface area contributed by atoms with Gasteiger partial charge in [0, 0.05) is 64.0 Å². The van der Waals surface area contributed by atoms with E-state index in [9.17, 15) is 32.5 Å². The fraction of sp³-hybridized carbons (Fsp3) is 0.409. The van der Waals surface area contributed by atoms with Gasteiger partial charge in [-0.15, -0.1) is 0 Å². The fourth-order valence-electron chi connectivity index (χ4n) is 3.64. The third-order valence-electron chi connectivity index (χ3n) is 5.50. The van der Waals surface area contributed by atoms with Crippen molar-refractivity contribution in [2.45, 2.75) is 12.6 Å². The number of nitrogens with zero attached hydrogens (tertiary/aromatic N) is 3. The molecular weight excluding hydrogens is 458 g/mol. The van der Waals surface area contributed by atoms with E-state index in [0.29, 0.717) is 19.2 Å². The molecule has 0 atom stereocenters. The maximum atomic E-state index is 13.1. The van der Waals surface area contributed by atoms with Gasteiger partial charge in [-0.05, 0) is 36.4 Å². The number of nitro benzene ring substituents is 1. The van der Waals surface area contributed by atoms with Gasteiger partial charge in [-0.2, -0.15) is 13.2 Å². The summed E-state index contributed by atoms with van der Waals surface area (Å²) in [7, 11) is 0. The van der Waals surface area contributed by atoms with Crippen molar-refractivity contribution < 1.29 is 27.3 Å². The molecule has 1 aliphatic heterocycles. The minimum Gasteiger partial charge on any atom is -0.379 e. The van der Waals surface area contributed by atoms with Crippen molar-refractivity contribution in [2.24, 2.45) is 0 Å². The summed E-state index contributed by atoms with van der Waals surface area (Å²) in [5.41, 5.74) is -0.920. The highest BCUT2D eigenvalue weighted by Gasteiger charge is 2.33. The van der Waals surface area contributed by atoms with Crippen molar-refractivity contribution in [1.82, 2.24) is 10.2 Å². The van der Waals surface area contributed by atoms with E-state index in [1.165, 1.54) is 12.1 Å². The average Bonchev–Trinajstić information content (AvgIpc) is 2.79. The topological polar surface area (TPSA) is 90.7 Å². The van der Waals surface area contributed by atoms with Crippen LogP contribution in [0.15, 0.2) is 42.5 Å². The van der Waals surface area contributed by atoms with Crippen molar-refractivity contribution in [3.8, 4) is 0 Å². The number of carbonyl (C=O) groups is 1. The van der Waals surface area contributed by atoms with Crippen LogP contribution in [0.25, 0.3) is 0 Å². The van der Waals surface area contributed by atoms with Crippen LogP contribution in [0, 0.1) is 15.9 Å². The van der Waals surface area contributed by atoms with Gasteiger partial charge in [0.25, 0.3) is 5.69 Å². The number of piperazine rings is 1. The second-order valence-corrected chi connectivity index (χ2v) is 7.82. The third kappa shape index (κ3) is 7.04. The summed E-state index contributed by atoms with van der Waals surface area (Å²) in [5.74, 6) is -0.544. The highest BCUT2D eigenvalue weighted by molar-refractivity contribution is 5.76. The van der Waals surface area contributed by atoms with Crippen molar-refractivity contribution >= 4 is 23.0 Å². The number of alkyl halides is 3. The molecule has 3 rings (SSSR count). The molecule has 0 saturated carbocycles. The first-order valence-corrected chi connectivity index (χ1v) is 10.7. The van der Waals surface area contributed by atoms with E-state index in [0.717, 1.165) is 44.0 Å². The molecule has 1 fully saturated rings. The quantitative estimate of drug-likeness (QED) is 0.322. The van der Waals surface area contributed by atoms with Gasteiger partial charge in [-0.3, -0.25) is 19.8 Å². The van der Waals surface area contributed by atoms with Crippen LogP contribution >= 0.6 is 0 Å². The molecule has 0 aliphatic carbocycles. The predicted octanol–water partition coefficient (Wildman–Crippen LogP) is 3.49. The lowest BCUT2D eigenvalue weighted by Crippen LogP contribution is -2.48. The first-order chi connectivity index (χ1) is 16.1. The second-order valence-electron chi connectivity index (χ2n) is 7.82. The summed E-state index contributed by atoms with van der Waals surface area (Å²) in [6.07, 6.45) is -4.67. The average molecular weight is 483 g/mol. The summed E-state index contributed by atoms with van der Waals surface area (Å²) in [6, 6.07) is 8.58. The lowest BCUT2D eigenvalue weighted by Gasteiger charge is -2.36. The molecule has 0 radical (unpaired) electrons. The maximum Gasteiger partial charge on any atom is 0.416 e. The molecule has 184 valence electrons. The first-order valence-electron chi connectivity index (χ1n) is 10.7. The Kier molecular flexibility index (Phi) is 8.26. The number of halogens is 4. The summed E-state index contributed by atoms with van der Waals surface area (Å²) >= 11 is 0. The number of nitro groups is 1. The van der Waals surface area contributed by atoms with Crippen LogP contribution in [0.3, 0.4) is 0 Å². The Bertz CT molecular complexity index is 993. The van der Waals surface area contributed by atoms with Crippen LogP contribution in [0.2, 0.25) is 0 Å². The summed E-state index contributed by atoms with van der Waals surface area (Å²) in [5, 5.41) is 16.5. The highest BCUT2D eigenvalue weighted by atomic mass is 19.4. The Morgan fingerprint density at radius 2 is 1.71 bits per heavy atom. The monoisotopic (exact) mass is 483 g/mol. The van der Waals surface area contributed by atoms with Crippen LogP contribution in [-0.2, 0) is 11.0 Å². The van der Waals surface area contributed by atoms with E-state index >= 15 is 0 Å². The molecule has 1 saturated heterocycles. The Balaban J connectivity index is 1.36. The van der Waals surface area contributed by atoms with Crippen molar-refractivity contribution in [3.63, 3.8) is 0 Å². The lowest BCUT2D eigenvalue weighted by atomic mass is 10.1. The molecule has 0 unspecified atom stereocenters. The second kappa shape index (κ2) is 11.1. The molecule has 1 aliphatic rings. The third-order valence-corrected chi connectivity index (χ3v) is 5.50. The van der Waals surface area contributed by atoms with Gasteiger partial charge in [-0.25, -0.2) is 4.39 Å². The van der Waals surface area contributed by atoms with E-state index in [2.05, 4.69) is 20.4 Å². The van der Waals surface area contributed by atoms with Gasteiger partial charge in [0.05, 0.1) is 10.5 Å². The smallest absolute Gasteiger partial charge is 0.379 e. The van der Waals surface area contributed by atoms with Gasteiger partial charge < -0.3 is 15.5 Å². The number of hydrogen-bond donors (Lipinski definition) is 2. The maximum absolute atomic E-state index is 13.1. The van der Waals surface area contributed by atoms with Gasteiger partial charge in [0.2, 0.25) is 5.91 Å². The normalized spacial score (nSPS) is 14.6. The van der Waals surface area contributed by atoms with Crippen LogP contribution in [-0.4, -0.2) is 61.5 Å². The van der Waals surface area contributed by atoms with Gasteiger partial charge >= 0.3 is 6.18 Å². The zero-order valence-electron chi connectivity index (χ0n) is 18.3. The molecule has 0 spiro atoms. The molecule has 1 amide bonds. The summed E-state index contributed by atoms with van der Waals surface area (Å²) in [6.45, 7) is 4.29. The Morgan fingerprint density at radius 1 is 1.03 bits per heavy atom. The Labute approximate surface area is 193 Å². The Hall–Kier alpha value is -3.41. The minimum absolute atomic E-state index is 0.0104. The number of hydrogen-bond acceptors (Lipinski definition) is 6. The van der Waals surface area contributed by atoms with Crippen molar-refractivity contribution in [3.05, 3.63) is 64.0 Å². The van der Waals surface area contributed by atoms with Crippen LogP contribution in [0.5, 0.6) is 0 Å². The molecule has 2 aromatic rings. The SMILES string of the molecule is O=C(CCNc1ccc(C(F)(F)F)cc1[N+](=O)[O-])NCCN1CCN(c2ccc(F)cc2)CC1. The van der Waals surface area contributed by atoms with Gasteiger partial charge in [0.15, 0.2) is 0 Å². The number of carbonyl (C=O) groups excluding carboxylic acids is 1. The zero-order chi connectivity index (χ0) is 24.7. The molecule has 0 bridgehead atoms. The zero-order valence-corrected chi connectivity index (χ0v) is 18.3. The van der Waals surface area contributed by atoms with Gasteiger partial charge in [0.1, 0.15) is 11.5 Å². The van der Waals surface area contributed by atoms with E-state index in [1.807, 2.05) is 0 Å². The summed E-state index contributed by atoms with van der Waals surface area (Å²) < 4.78 is 51.4. The molecule has 8 nitrogen and oxygen atoms in total. The first kappa shape index (κ1) is 25.2. The number of benzene rings is 2. The van der Waals surface area contributed by atoms with E-state index in [1.54, 1.807) is 12.1 Å². The van der Waals surface area contributed by atoms with E-state index in [-0.39, 0.29) is 30.4 Å². The fourth-order valence-corrected chi connectivity index (χ4v) is 3.64. The van der Waals surface area contributed by atoms with E-state index in [4.69, 9.17) is 0 Å². The Morgan fingerprint density at radius 3 is 2.32 bits per heavy atom. The van der Waals surface area contributed by atoms with Crippen molar-refractivity contribution in [1.29, 1.82) is 0 Å². The largest absolute Gasteiger partial charge is 0.416 e. The molecule has 12 heteroatoms. The van der Waals surface area contributed by atoms with Gasteiger partial charge in [-0.1, -0.05) is 0 Å². The highest BCUT2D eigenvalue weighted by Crippen LogP contribution is 2.34. The number of rotatable bonds is 9. The number of amides is 1. The molecular formula is C22H25F4N5O3. The molecule has 2 aromatic carbocycles. The standard InChI is InChI=1S/C22H25F4N5O3/c23-17-2-4-18(5-3-17)30-13-11-29(12-14-30)10-9-28-21(32)7-8-27-19-6-1-16(22(24,25)26)15-20(19)31(33)34/h1-6,15,27H,7-14H2,(H,28,32). The molecule has 0 aromatic heterocycles. The van der Waals surface area contributed by atoms with Crippen LogP contribution in [0.1, 0.15) is 12.0 Å². The van der Waals surface area contributed by atoms with Crippen molar-refractivity contribution in [2.75, 3.05) is 56.0 Å². The summed E-state index contributed by atoms with van der Waals surface area (Å²) in [4.78, 5) is 26.6. The lowest BCUT2D eigenvalue weighted by molar-refractivity contribution is -0.384. The minimum atomic E-state index is -4.68. The molecule has 2 N–H and O–H groups in total. The number of anilines is 2. The van der Waals surface area contributed by atoms with E-state index < -0.39 is 22.4 Å². The molecule has 34 heavy (non-hydrogen) atoms. The predicted molar refractivity (Wildman–Crippen MR) is 119 cm³/mol. The number of nitrogens with one attached hydrogen (secondary N) is 2. The molecule has 1 heterocycles. The van der Waals surface area contributed by atoms with Crippen LogP contribution in [0.4, 0.5) is 34.6 Å². The van der Waals surface area contributed by atoms with Crippen LogP contribution < -0.4 is 15.5 Å².